The van der Waals surface area contributed by atoms with Crippen LogP contribution in [-0.2, 0) is 9.53 Å². The monoisotopic (exact) mass is 294 g/mol. The molecule has 21 heavy (non-hydrogen) atoms. The lowest BCUT2D eigenvalue weighted by Crippen LogP contribution is -1.99. The van der Waals surface area contributed by atoms with Gasteiger partial charge in [0.2, 0.25) is 0 Å². The van der Waals surface area contributed by atoms with Gasteiger partial charge in [-0.15, -0.1) is 0 Å². The van der Waals surface area contributed by atoms with Crippen molar-refractivity contribution in [3.8, 4) is 0 Å². The van der Waals surface area contributed by atoms with Crippen LogP contribution in [0.5, 0.6) is 0 Å². The normalized spacial score (nSPS) is 11.5. The van der Waals surface area contributed by atoms with Gasteiger partial charge in [-0.3, -0.25) is 4.79 Å². The molecule has 0 heterocycles. The molecule has 0 aliphatic heterocycles. The maximum Gasteiger partial charge on any atom is 0.305 e. The van der Waals surface area contributed by atoms with Gasteiger partial charge in [0.15, 0.2) is 0 Å². The summed E-state index contributed by atoms with van der Waals surface area (Å²) in [5.74, 6) is -0.0797. The molecule has 0 spiro atoms. The van der Waals surface area contributed by atoms with E-state index in [4.69, 9.17) is 0 Å². The number of unbranched alkanes of at least 4 members (excludes halogenated alkanes) is 8. The topological polar surface area (TPSA) is 26.3 Å². The van der Waals surface area contributed by atoms with Gasteiger partial charge in [-0.05, 0) is 32.1 Å². The Morgan fingerprint density at radius 1 is 0.810 bits per heavy atom. The van der Waals surface area contributed by atoms with Crippen LogP contribution in [0.3, 0.4) is 0 Å². The number of ether oxygens (including phenoxy) is 1. The molecule has 0 aliphatic carbocycles. The largest absolute Gasteiger partial charge is 0.469 e. The van der Waals surface area contributed by atoms with E-state index in [9.17, 15) is 4.79 Å². The van der Waals surface area contributed by atoms with E-state index in [1.54, 1.807) is 0 Å². The highest BCUT2D eigenvalue weighted by Crippen LogP contribution is 2.09. The zero-order valence-corrected chi connectivity index (χ0v) is 14.1. The van der Waals surface area contributed by atoms with Crippen molar-refractivity contribution < 1.29 is 9.53 Å². The van der Waals surface area contributed by atoms with Crippen molar-refractivity contribution in [1.82, 2.24) is 0 Å². The van der Waals surface area contributed by atoms with Crippen LogP contribution in [0.2, 0.25) is 0 Å². The van der Waals surface area contributed by atoms with E-state index < -0.39 is 0 Å². The molecule has 0 unspecified atom stereocenters. The molecule has 2 nitrogen and oxygen atoms in total. The summed E-state index contributed by atoms with van der Waals surface area (Å²) < 4.78 is 4.62. The van der Waals surface area contributed by atoms with E-state index in [1.165, 1.54) is 58.5 Å². The molecule has 0 rings (SSSR count). The quantitative estimate of drug-likeness (QED) is 0.224. The molecule has 0 saturated heterocycles. The average Bonchev–Trinajstić information content (AvgIpc) is 2.50. The average molecular weight is 294 g/mol. The van der Waals surface area contributed by atoms with Gasteiger partial charge in [0.05, 0.1) is 7.11 Å². The SMILES string of the molecule is CCCC/C=C/C/C=C/CCCCCCCCC(=O)OC. The van der Waals surface area contributed by atoms with Gasteiger partial charge in [0.25, 0.3) is 0 Å². The highest BCUT2D eigenvalue weighted by atomic mass is 16.5. The van der Waals surface area contributed by atoms with Crippen LogP contribution in [0.25, 0.3) is 0 Å². The van der Waals surface area contributed by atoms with Crippen molar-refractivity contribution in [2.24, 2.45) is 0 Å². The van der Waals surface area contributed by atoms with Crippen LogP contribution in [0, 0.1) is 0 Å². The first kappa shape index (κ1) is 19.9. The van der Waals surface area contributed by atoms with Gasteiger partial charge in [0.1, 0.15) is 0 Å². The number of rotatable bonds is 14. The molecular weight excluding hydrogens is 260 g/mol. The molecule has 0 atom stereocenters. The second-order valence-electron chi connectivity index (χ2n) is 5.56. The molecule has 0 saturated carbocycles. The van der Waals surface area contributed by atoms with Crippen molar-refractivity contribution in [3.05, 3.63) is 24.3 Å². The third-order valence-electron chi connectivity index (χ3n) is 3.56. The number of hydrogen-bond acceptors (Lipinski definition) is 2. The first-order valence-electron chi connectivity index (χ1n) is 8.68. The Balaban J connectivity index is 3.18. The minimum Gasteiger partial charge on any atom is -0.469 e. The Kier molecular flexibility index (Phi) is 16.2. The lowest BCUT2D eigenvalue weighted by atomic mass is 10.1. The summed E-state index contributed by atoms with van der Waals surface area (Å²) in [4.78, 5) is 10.9. The molecule has 0 aromatic heterocycles. The third-order valence-corrected chi connectivity index (χ3v) is 3.56. The lowest BCUT2D eigenvalue weighted by Gasteiger charge is -2.00. The zero-order chi connectivity index (χ0) is 15.6. The number of hydrogen-bond donors (Lipinski definition) is 0. The van der Waals surface area contributed by atoms with Crippen molar-refractivity contribution >= 4 is 5.97 Å². The molecule has 2 heteroatoms. The molecule has 0 aromatic carbocycles. The number of allylic oxidation sites excluding steroid dienone is 4. The number of methoxy groups -OCH3 is 1. The maximum atomic E-state index is 10.9. The molecule has 0 aliphatic rings. The standard InChI is InChI=1S/C19H34O2/c1-3-4-5-6-7-8-9-10-11-12-13-14-15-16-17-18-19(20)21-2/h6-7,9-10H,3-5,8,11-18H2,1-2H3/b7-6+,10-9+. The Bertz CT molecular complexity index is 279. The molecule has 0 aromatic rings. The summed E-state index contributed by atoms with van der Waals surface area (Å²) in [5, 5.41) is 0. The minimum atomic E-state index is -0.0797. The smallest absolute Gasteiger partial charge is 0.305 e. The maximum absolute atomic E-state index is 10.9. The summed E-state index contributed by atoms with van der Waals surface area (Å²) in [7, 11) is 1.46. The van der Waals surface area contributed by atoms with E-state index in [1.807, 2.05) is 0 Å². The second kappa shape index (κ2) is 17.0. The predicted molar refractivity (Wildman–Crippen MR) is 91.4 cm³/mol. The Labute approximate surface area is 131 Å². The number of esters is 1. The van der Waals surface area contributed by atoms with Gasteiger partial charge >= 0.3 is 5.97 Å². The van der Waals surface area contributed by atoms with E-state index in [0.717, 1.165) is 19.3 Å². The van der Waals surface area contributed by atoms with E-state index in [2.05, 4.69) is 36.0 Å². The fourth-order valence-electron chi connectivity index (χ4n) is 2.17. The van der Waals surface area contributed by atoms with Crippen LogP contribution in [0.15, 0.2) is 24.3 Å². The fraction of sp³-hybridized carbons (Fsp3) is 0.737. The van der Waals surface area contributed by atoms with E-state index >= 15 is 0 Å². The highest BCUT2D eigenvalue weighted by Gasteiger charge is 1.98. The van der Waals surface area contributed by atoms with Crippen LogP contribution >= 0.6 is 0 Å². The summed E-state index contributed by atoms with van der Waals surface area (Å²) in [6.07, 6.45) is 23.0. The lowest BCUT2D eigenvalue weighted by molar-refractivity contribution is -0.140. The Morgan fingerprint density at radius 3 is 2.00 bits per heavy atom. The molecule has 0 amide bonds. The number of carbonyl (C=O) groups excluding carboxylic acids is 1. The third kappa shape index (κ3) is 16.9. The highest BCUT2D eigenvalue weighted by molar-refractivity contribution is 5.68. The second-order valence-corrected chi connectivity index (χ2v) is 5.56. The molecule has 122 valence electrons. The summed E-state index contributed by atoms with van der Waals surface area (Å²) in [6.45, 7) is 2.23. The Morgan fingerprint density at radius 2 is 1.38 bits per heavy atom. The van der Waals surface area contributed by atoms with Crippen LogP contribution < -0.4 is 0 Å². The van der Waals surface area contributed by atoms with Gasteiger partial charge in [-0.25, -0.2) is 0 Å². The van der Waals surface area contributed by atoms with Gasteiger partial charge in [0, 0.05) is 6.42 Å². The van der Waals surface area contributed by atoms with Crippen molar-refractivity contribution in [2.75, 3.05) is 7.11 Å². The molecule has 0 bridgehead atoms. The zero-order valence-electron chi connectivity index (χ0n) is 14.1. The molecule has 0 fully saturated rings. The van der Waals surface area contributed by atoms with Crippen LogP contribution in [0.1, 0.15) is 84.0 Å². The predicted octanol–water partition coefficient (Wildman–Crippen LogP) is 5.97. The van der Waals surface area contributed by atoms with Crippen molar-refractivity contribution in [2.45, 2.75) is 84.0 Å². The van der Waals surface area contributed by atoms with E-state index in [-0.39, 0.29) is 5.97 Å². The fourth-order valence-corrected chi connectivity index (χ4v) is 2.17. The number of carbonyl (C=O) groups is 1. The van der Waals surface area contributed by atoms with Gasteiger partial charge in [-0.2, -0.15) is 0 Å². The van der Waals surface area contributed by atoms with Crippen molar-refractivity contribution in [3.63, 3.8) is 0 Å². The van der Waals surface area contributed by atoms with Crippen LogP contribution in [0.4, 0.5) is 0 Å². The summed E-state index contributed by atoms with van der Waals surface area (Å²) in [6, 6.07) is 0. The van der Waals surface area contributed by atoms with E-state index in [0.29, 0.717) is 6.42 Å². The summed E-state index contributed by atoms with van der Waals surface area (Å²) in [5.41, 5.74) is 0. The van der Waals surface area contributed by atoms with Gasteiger partial charge in [-0.1, -0.05) is 69.8 Å². The Hall–Kier alpha value is -1.05. The minimum absolute atomic E-state index is 0.0797. The van der Waals surface area contributed by atoms with Crippen LogP contribution in [-0.4, -0.2) is 13.1 Å². The first-order valence-corrected chi connectivity index (χ1v) is 8.68. The summed E-state index contributed by atoms with van der Waals surface area (Å²) >= 11 is 0. The molecule has 0 radical (unpaired) electrons. The molecule has 0 N–H and O–H groups in total. The van der Waals surface area contributed by atoms with Crippen molar-refractivity contribution in [1.29, 1.82) is 0 Å². The molecular formula is C19H34O2. The van der Waals surface area contributed by atoms with Gasteiger partial charge < -0.3 is 4.74 Å². The first-order chi connectivity index (χ1) is 10.3.